The molecule has 0 unspecified atom stereocenters. The Morgan fingerprint density at radius 1 is 1.13 bits per heavy atom. The molecule has 2 N–H and O–H groups in total. The quantitative estimate of drug-likeness (QED) is 0.606. The molecule has 0 aliphatic carbocycles. The lowest BCUT2D eigenvalue weighted by Crippen LogP contribution is -2.21. The first-order chi connectivity index (χ1) is 7.31. The summed E-state index contributed by atoms with van der Waals surface area (Å²) in [7, 11) is 2.16. The lowest BCUT2D eigenvalue weighted by atomic mass is 10.4. The lowest BCUT2D eigenvalue weighted by Gasteiger charge is -2.14. The number of nitrogens with zero attached hydrogens (tertiary/aromatic N) is 1. The zero-order valence-electron chi connectivity index (χ0n) is 11.1. The topological polar surface area (TPSA) is 38.5 Å². The van der Waals surface area contributed by atoms with Crippen molar-refractivity contribution in [2.24, 2.45) is 5.73 Å². The lowest BCUT2D eigenvalue weighted by molar-refractivity contribution is 0.123. The van der Waals surface area contributed by atoms with Gasteiger partial charge in [0.05, 0.1) is 0 Å². The van der Waals surface area contributed by atoms with Gasteiger partial charge in [-0.05, 0) is 39.4 Å². The predicted molar refractivity (Wildman–Crippen MR) is 70.4 cm³/mol. The van der Waals surface area contributed by atoms with E-state index in [0.717, 1.165) is 39.1 Å². The van der Waals surface area contributed by atoms with E-state index < -0.39 is 0 Å². The van der Waals surface area contributed by atoms with Crippen LogP contribution in [-0.2, 0) is 4.74 Å². The Morgan fingerprint density at radius 2 is 1.73 bits per heavy atom. The van der Waals surface area contributed by atoms with Crippen LogP contribution in [0, 0.1) is 0 Å². The van der Waals surface area contributed by atoms with Gasteiger partial charge in [-0.2, -0.15) is 0 Å². The van der Waals surface area contributed by atoms with Gasteiger partial charge in [-0.3, -0.25) is 0 Å². The van der Waals surface area contributed by atoms with E-state index in [0.29, 0.717) is 0 Å². The van der Waals surface area contributed by atoms with E-state index in [2.05, 4.69) is 18.9 Å². The molecule has 0 saturated heterocycles. The number of hydrogen-bond acceptors (Lipinski definition) is 3. The molecule has 0 aliphatic heterocycles. The molecule has 0 spiro atoms. The molecule has 0 aliphatic rings. The molecule has 0 aromatic rings. The maximum absolute atomic E-state index is 5.40. The minimum Gasteiger partial charge on any atom is -0.381 e. The van der Waals surface area contributed by atoms with Crippen LogP contribution in [0.15, 0.2) is 0 Å². The first-order valence-electron chi connectivity index (χ1n) is 6.27. The molecule has 3 nitrogen and oxygen atoms in total. The highest BCUT2D eigenvalue weighted by Gasteiger charge is 1.95. The third-order valence-corrected chi connectivity index (χ3v) is 1.93. The molecule has 0 aromatic carbocycles. The van der Waals surface area contributed by atoms with Crippen LogP contribution in [0.25, 0.3) is 0 Å². The number of hydrogen-bond donors (Lipinski definition) is 1. The molecule has 0 rings (SSSR count). The summed E-state index contributed by atoms with van der Waals surface area (Å²) in [4.78, 5) is 2.34. The maximum Gasteiger partial charge on any atom is 0.0478 e. The van der Waals surface area contributed by atoms with Crippen LogP contribution >= 0.6 is 0 Å². The molecular weight excluding hydrogens is 188 g/mol. The Hall–Kier alpha value is -0.120. The normalized spacial score (nSPS) is 10.0. The van der Waals surface area contributed by atoms with Crippen LogP contribution in [0.3, 0.4) is 0 Å². The highest BCUT2D eigenvalue weighted by Crippen LogP contribution is 1.91. The van der Waals surface area contributed by atoms with Gasteiger partial charge in [0.1, 0.15) is 0 Å². The van der Waals surface area contributed by atoms with E-state index in [-0.39, 0.29) is 1.43 Å². The molecule has 0 aromatic heterocycles. The second-order valence-corrected chi connectivity index (χ2v) is 3.41. The third kappa shape index (κ3) is 16.5. The van der Waals surface area contributed by atoms with Gasteiger partial charge in [-0.15, -0.1) is 0 Å². The fourth-order valence-corrected chi connectivity index (χ4v) is 1.22. The molecule has 0 atom stereocenters. The smallest absolute Gasteiger partial charge is 0.0478 e. The minimum atomic E-state index is 0. The maximum atomic E-state index is 5.40. The second-order valence-electron chi connectivity index (χ2n) is 3.41. The van der Waals surface area contributed by atoms with Crippen molar-refractivity contribution < 1.29 is 6.16 Å². The summed E-state index contributed by atoms with van der Waals surface area (Å²) in [5.41, 5.74) is 5.34. The van der Waals surface area contributed by atoms with Crippen LogP contribution in [0.4, 0.5) is 0 Å². The molecule has 0 bridgehead atoms. The van der Waals surface area contributed by atoms with Crippen LogP contribution in [0.1, 0.15) is 41.5 Å². The van der Waals surface area contributed by atoms with Crippen molar-refractivity contribution in [1.82, 2.24) is 4.90 Å². The Balaban J connectivity index is -0.000000529. The first-order valence-corrected chi connectivity index (χ1v) is 6.27. The van der Waals surface area contributed by atoms with Crippen molar-refractivity contribution in [3.05, 3.63) is 0 Å². The molecule has 0 radical (unpaired) electrons. The minimum absolute atomic E-state index is 0. The van der Waals surface area contributed by atoms with E-state index in [1.807, 2.05) is 13.8 Å². The summed E-state index contributed by atoms with van der Waals surface area (Å²) in [6.45, 7) is 10.9. The molecule has 0 heterocycles. The number of ether oxygens (including phenoxy) is 1. The van der Waals surface area contributed by atoms with Crippen LogP contribution in [0.2, 0.25) is 0 Å². The van der Waals surface area contributed by atoms with Gasteiger partial charge in [0, 0.05) is 21.2 Å². The van der Waals surface area contributed by atoms with Gasteiger partial charge < -0.3 is 15.4 Å². The molecule has 0 fully saturated rings. The zero-order valence-corrected chi connectivity index (χ0v) is 11.1. The molecule has 0 amide bonds. The number of nitrogens with two attached hydrogens (primary N) is 1. The van der Waals surface area contributed by atoms with Gasteiger partial charge in [-0.1, -0.05) is 20.8 Å². The summed E-state index contributed by atoms with van der Waals surface area (Å²) < 4.78 is 5.40. The van der Waals surface area contributed by atoms with Crippen molar-refractivity contribution >= 4 is 0 Å². The first kappa shape index (κ1) is 17.3. The van der Waals surface area contributed by atoms with Gasteiger partial charge in [0.2, 0.25) is 0 Å². The molecular formula is C12H32N2O. The molecule has 0 saturated carbocycles. The van der Waals surface area contributed by atoms with Crippen LogP contribution < -0.4 is 5.73 Å². The Labute approximate surface area is 97.5 Å². The van der Waals surface area contributed by atoms with Gasteiger partial charge in [0.25, 0.3) is 0 Å². The third-order valence-electron chi connectivity index (χ3n) is 1.93. The summed E-state index contributed by atoms with van der Waals surface area (Å²) in [6.07, 6.45) is 3.33. The number of rotatable bonds is 9. The fraction of sp³-hybridized carbons (Fsp3) is 1.00. The summed E-state index contributed by atoms with van der Waals surface area (Å²) in [5.74, 6) is 0. The van der Waals surface area contributed by atoms with E-state index in [1.54, 1.807) is 0 Å². The summed E-state index contributed by atoms with van der Waals surface area (Å²) >= 11 is 0. The predicted octanol–water partition coefficient (Wildman–Crippen LogP) is 2.36. The van der Waals surface area contributed by atoms with E-state index in [1.165, 1.54) is 13.0 Å². The monoisotopic (exact) mass is 220 g/mol. The second kappa shape index (κ2) is 16.3. The van der Waals surface area contributed by atoms with Crippen LogP contribution in [-0.4, -0.2) is 44.8 Å². The molecule has 3 heteroatoms. The average Bonchev–Trinajstić information content (AvgIpc) is 2.26. The standard InChI is InChI=1S/C10H24N2O.C2H6.H2/c1-3-7-12(2)8-5-10-13-9-4-6-11;1-2;/h3-11H2,1-2H3;1-2H3;1H. The Bertz CT molecular complexity index is 105. The zero-order chi connectivity index (χ0) is 11.9. The highest BCUT2D eigenvalue weighted by molar-refractivity contribution is 4.49. The van der Waals surface area contributed by atoms with Crippen LogP contribution in [0.5, 0.6) is 0 Å². The SMILES string of the molecule is CC.CCCN(C)CCCOCCCN.[HH]. The fourth-order valence-electron chi connectivity index (χ4n) is 1.22. The van der Waals surface area contributed by atoms with E-state index >= 15 is 0 Å². The largest absolute Gasteiger partial charge is 0.381 e. The van der Waals surface area contributed by atoms with E-state index in [9.17, 15) is 0 Å². The highest BCUT2D eigenvalue weighted by atomic mass is 16.5. The Morgan fingerprint density at radius 3 is 2.27 bits per heavy atom. The van der Waals surface area contributed by atoms with Crippen molar-refractivity contribution in [3.63, 3.8) is 0 Å². The van der Waals surface area contributed by atoms with Crippen molar-refractivity contribution in [2.75, 3.05) is 39.9 Å². The van der Waals surface area contributed by atoms with Gasteiger partial charge in [0.15, 0.2) is 0 Å². The van der Waals surface area contributed by atoms with E-state index in [4.69, 9.17) is 10.5 Å². The molecule has 15 heavy (non-hydrogen) atoms. The van der Waals surface area contributed by atoms with Crippen molar-refractivity contribution in [2.45, 2.75) is 40.0 Å². The van der Waals surface area contributed by atoms with Gasteiger partial charge >= 0.3 is 0 Å². The Kier molecular flexibility index (Phi) is 18.8. The van der Waals surface area contributed by atoms with Crippen molar-refractivity contribution in [3.8, 4) is 0 Å². The summed E-state index contributed by atoms with van der Waals surface area (Å²) in [5, 5.41) is 0. The average molecular weight is 220 g/mol. The summed E-state index contributed by atoms with van der Waals surface area (Å²) in [6, 6.07) is 0. The van der Waals surface area contributed by atoms with Gasteiger partial charge in [-0.25, -0.2) is 0 Å². The van der Waals surface area contributed by atoms with Crippen molar-refractivity contribution in [1.29, 1.82) is 0 Å². The molecule has 96 valence electrons.